The number of benzene rings is 1. The summed E-state index contributed by atoms with van der Waals surface area (Å²) in [5, 5.41) is 3.02. The maximum atomic E-state index is 13.0. The Morgan fingerprint density at radius 2 is 1.70 bits per heavy atom. The molecular weight excluding hydrogens is 338 g/mol. The number of hydrogen-bond acceptors (Lipinski definition) is 3. The van der Waals surface area contributed by atoms with Crippen molar-refractivity contribution in [1.29, 1.82) is 0 Å². The summed E-state index contributed by atoms with van der Waals surface area (Å²) in [6.07, 6.45) is 7.57. The van der Waals surface area contributed by atoms with Gasteiger partial charge in [0.25, 0.3) is 0 Å². The van der Waals surface area contributed by atoms with Gasteiger partial charge in [-0.25, -0.2) is 0 Å². The first-order valence-electron chi connectivity index (χ1n) is 9.78. The van der Waals surface area contributed by atoms with Crippen molar-refractivity contribution in [2.75, 3.05) is 11.4 Å². The molecule has 0 unspecified atom stereocenters. The van der Waals surface area contributed by atoms with Crippen molar-refractivity contribution in [3.8, 4) is 0 Å². The molecule has 5 heteroatoms. The lowest BCUT2D eigenvalue weighted by molar-refractivity contribution is -0.129. The van der Waals surface area contributed by atoms with Gasteiger partial charge in [0.1, 0.15) is 0 Å². The van der Waals surface area contributed by atoms with Crippen LogP contribution in [0.4, 0.5) is 5.69 Å². The number of aromatic nitrogens is 1. The molecular formula is C22H25N3O2. The van der Waals surface area contributed by atoms with Gasteiger partial charge >= 0.3 is 0 Å². The van der Waals surface area contributed by atoms with E-state index in [1.54, 1.807) is 12.4 Å². The van der Waals surface area contributed by atoms with Crippen molar-refractivity contribution >= 4 is 17.5 Å². The molecule has 0 atom stereocenters. The van der Waals surface area contributed by atoms with Crippen LogP contribution in [0.3, 0.4) is 0 Å². The molecule has 1 N–H and O–H groups in total. The number of pyridine rings is 1. The Hall–Kier alpha value is -2.69. The third kappa shape index (κ3) is 3.87. The highest BCUT2D eigenvalue weighted by atomic mass is 16.2. The minimum atomic E-state index is 0.0155. The van der Waals surface area contributed by atoms with Gasteiger partial charge in [-0.05, 0) is 61.4 Å². The Morgan fingerprint density at radius 3 is 2.48 bits per heavy atom. The summed E-state index contributed by atoms with van der Waals surface area (Å²) >= 11 is 0. The second-order valence-electron chi connectivity index (χ2n) is 7.49. The van der Waals surface area contributed by atoms with Gasteiger partial charge in [-0.2, -0.15) is 0 Å². The van der Waals surface area contributed by atoms with Gasteiger partial charge in [0, 0.05) is 43.0 Å². The summed E-state index contributed by atoms with van der Waals surface area (Å²) in [5.41, 5.74) is 3.38. The monoisotopic (exact) mass is 363 g/mol. The zero-order chi connectivity index (χ0) is 18.6. The second kappa shape index (κ2) is 7.91. The minimum absolute atomic E-state index is 0.0155. The van der Waals surface area contributed by atoms with Gasteiger partial charge in [-0.3, -0.25) is 14.6 Å². The van der Waals surface area contributed by atoms with Crippen molar-refractivity contribution in [1.82, 2.24) is 10.3 Å². The van der Waals surface area contributed by atoms with Crippen molar-refractivity contribution in [2.45, 2.75) is 38.6 Å². The van der Waals surface area contributed by atoms with Crippen LogP contribution in [0.2, 0.25) is 0 Å². The number of hydrogen-bond donors (Lipinski definition) is 1. The molecule has 1 aromatic carbocycles. The number of carbonyl (C=O) groups excluding carboxylic acids is 2. The van der Waals surface area contributed by atoms with E-state index >= 15 is 0 Å². The van der Waals surface area contributed by atoms with Gasteiger partial charge in [-0.1, -0.05) is 18.2 Å². The lowest BCUT2D eigenvalue weighted by Gasteiger charge is -2.30. The average molecular weight is 363 g/mol. The number of nitrogens with zero attached hydrogens (tertiary/aromatic N) is 2. The fraction of sp³-hybridized carbons (Fsp3) is 0.409. The molecule has 0 radical (unpaired) electrons. The van der Waals surface area contributed by atoms with Crippen LogP contribution in [0, 0.1) is 11.8 Å². The van der Waals surface area contributed by atoms with E-state index < -0.39 is 0 Å². The summed E-state index contributed by atoms with van der Waals surface area (Å²) in [6, 6.07) is 12.0. The van der Waals surface area contributed by atoms with Crippen LogP contribution in [0.25, 0.3) is 0 Å². The topological polar surface area (TPSA) is 62.3 Å². The van der Waals surface area contributed by atoms with Crippen molar-refractivity contribution in [2.24, 2.45) is 11.8 Å². The van der Waals surface area contributed by atoms with E-state index in [0.717, 1.165) is 49.9 Å². The molecule has 2 aliphatic rings. The van der Waals surface area contributed by atoms with Crippen LogP contribution < -0.4 is 10.2 Å². The number of fused-ring (bicyclic) bond motifs is 1. The molecule has 2 aromatic rings. The van der Waals surface area contributed by atoms with E-state index in [9.17, 15) is 9.59 Å². The van der Waals surface area contributed by atoms with Gasteiger partial charge < -0.3 is 10.2 Å². The molecule has 1 fully saturated rings. The van der Waals surface area contributed by atoms with E-state index in [1.807, 2.05) is 35.2 Å². The standard InChI is InChI=1S/C22H25N3O2/c26-21(24-15-16-9-12-23-13-10-16)18-5-7-19(8-6-18)22(27)25-14-11-17-3-1-2-4-20(17)25/h1-4,9-10,12-13,18-19H,5-8,11,14-15H2,(H,24,26). The molecule has 0 spiro atoms. The summed E-state index contributed by atoms with van der Waals surface area (Å²) in [5.74, 6) is 0.391. The highest BCUT2D eigenvalue weighted by Crippen LogP contribution is 2.34. The molecule has 5 nitrogen and oxygen atoms in total. The Kier molecular flexibility index (Phi) is 5.19. The van der Waals surface area contributed by atoms with Crippen molar-refractivity contribution in [3.05, 3.63) is 59.9 Å². The number of anilines is 1. The largest absolute Gasteiger partial charge is 0.352 e. The quantitative estimate of drug-likeness (QED) is 0.908. The van der Waals surface area contributed by atoms with Gasteiger partial charge in [0.2, 0.25) is 11.8 Å². The fourth-order valence-electron chi connectivity index (χ4n) is 4.22. The Bertz CT molecular complexity index is 813. The van der Waals surface area contributed by atoms with Crippen molar-refractivity contribution in [3.63, 3.8) is 0 Å². The van der Waals surface area contributed by atoms with Crippen LogP contribution in [0.5, 0.6) is 0 Å². The van der Waals surface area contributed by atoms with Crippen LogP contribution in [-0.2, 0) is 22.6 Å². The molecule has 4 rings (SSSR count). The van der Waals surface area contributed by atoms with Crippen molar-refractivity contribution < 1.29 is 9.59 Å². The van der Waals surface area contributed by atoms with Gasteiger partial charge in [0.05, 0.1) is 0 Å². The molecule has 2 amide bonds. The molecule has 27 heavy (non-hydrogen) atoms. The first-order valence-corrected chi connectivity index (χ1v) is 9.78. The lowest BCUT2D eigenvalue weighted by atomic mass is 9.81. The molecule has 140 valence electrons. The zero-order valence-corrected chi connectivity index (χ0v) is 15.4. The summed E-state index contributed by atoms with van der Waals surface area (Å²) in [4.78, 5) is 31.3. The maximum Gasteiger partial charge on any atom is 0.230 e. The van der Waals surface area contributed by atoms with Crippen LogP contribution in [0.1, 0.15) is 36.8 Å². The normalized spacial score (nSPS) is 21.6. The van der Waals surface area contributed by atoms with Crippen LogP contribution >= 0.6 is 0 Å². The van der Waals surface area contributed by atoms with E-state index in [4.69, 9.17) is 0 Å². The zero-order valence-electron chi connectivity index (χ0n) is 15.4. The highest BCUT2D eigenvalue weighted by molar-refractivity contribution is 5.97. The third-order valence-electron chi connectivity index (χ3n) is 5.82. The first-order chi connectivity index (χ1) is 13.2. The molecule has 1 aliphatic carbocycles. The molecule has 2 heterocycles. The van der Waals surface area contributed by atoms with E-state index in [0.29, 0.717) is 6.54 Å². The number of para-hydroxylation sites is 1. The smallest absolute Gasteiger partial charge is 0.230 e. The number of nitrogens with one attached hydrogen (secondary N) is 1. The predicted molar refractivity (Wildman–Crippen MR) is 104 cm³/mol. The highest BCUT2D eigenvalue weighted by Gasteiger charge is 2.34. The number of rotatable bonds is 4. The van der Waals surface area contributed by atoms with Gasteiger partial charge in [-0.15, -0.1) is 0 Å². The molecule has 1 aromatic heterocycles. The van der Waals surface area contributed by atoms with Crippen LogP contribution in [0.15, 0.2) is 48.8 Å². The Morgan fingerprint density at radius 1 is 1.00 bits per heavy atom. The van der Waals surface area contributed by atoms with E-state index in [1.165, 1.54) is 5.56 Å². The fourth-order valence-corrected chi connectivity index (χ4v) is 4.22. The predicted octanol–water partition coefficient (Wildman–Crippen LogP) is 3.09. The second-order valence-corrected chi connectivity index (χ2v) is 7.49. The maximum absolute atomic E-state index is 13.0. The summed E-state index contributed by atoms with van der Waals surface area (Å²) < 4.78 is 0. The van der Waals surface area contributed by atoms with Gasteiger partial charge in [0.15, 0.2) is 0 Å². The molecule has 1 saturated carbocycles. The van der Waals surface area contributed by atoms with E-state index in [-0.39, 0.29) is 23.7 Å². The number of carbonyl (C=O) groups is 2. The SMILES string of the molecule is O=C(NCc1ccncc1)C1CCC(C(=O)N2CCc3ccccc32)CC1. The first kappa shape index (κ1) is 17.7. The lowest BCUT2D eigenvalue weighted by Crippen LogP contribution is -2.39. The van der Waals surface area contributed by atoms with E-state index in [2.05, 4.69) is 16.4 Å². The summed E-state index contributed by atoms with van der Waals surface area (Å²) in [7, 11) is 0. The molecule has 0 bridgehead atoms. The molecule has 0 saturated heterocycles. The molecule has 1 aliphatic heterocycles. The average Bonchev–Trinajstić information content (AvgIpc) is 3.16. The van der Waals surface area contributed by atoms with Crippen LogP contribution in [-0.4, -0.2) is 23.3 Å². The Balaban J connectivity index is 1.29. The number of amides is 2. The minimum Gasteiger partial charge on any atom is -0.352 e. The Labute approximate surface area is 159 Å². The summed E-state index contributed by atoms with van der Waals surface area (Å²) in [6.45, 7) is 1.31. The third-order valence-corrected chi connectivity index (χ3v) is 5.82.